The Balaban J connectivity index is 2.00. The molecule has 5 heavy (non-hydrogen) atoms. The molecule has 0 radical (unpaired) electrons. The Morgan fingerprint density at radius 2 is 2.60 bits per heavy atom. The molecular weight excluding hydrogens is 104 g/mol. The monoisotopic (exact) mass is 108 g/mol. The van der Waals surface area contributed by atoms with Crippen molar-refractivity contribution in [1.29, 1.82) is 0 Å². The fourth-order valence-corrected chi connectivity index (χ4v) is 1.01. The van der Waals surface area contributed by atoms with Crippen molar-refractivity contribution in [2.24, 2.45) is 0 Å². The van der Waals surface area contributed by atoms with Crippen LogP contribution in [0.15, 0.2) is 0 Å². The molecule has 0 saturated carbocycles. The Labute approximate surface area is 40.9 Å². The van der Waals surface area contributed by atoms with Crippen LogP contribution in [-0.4, -0.2) is 16.9 Å². The summed E-state index contributed by atoms with van der Waals surface area (Å²) in [4.78, 5) is 0. The van der Waals surface area contributed by atoms with Crippen molar-refractivity contribution in [1.82, 2.24) is 0 Å². The van der Waals surface area contributed by atoms with Crippen molar-refractivity contribution < 1.29 is 0 Å². The third-order valence-electron chi connectivity index (χ3n) is 0.574. The maximum Gasteiger partial charge on any atom is 0.0350 e. The summed E-state index contributed by atoms with van der Waals surface area (Å²) >= 11 is 7.31. The first-order valence-corrected chi connectivity index (χ1v) is 3.19. The molecule has 1 atom stereocenters. The Morgan fingerprint density at radius 1 is 2.00 bits per heavy atom. The van der Waals surface area contributed by atoms with Crippen LogP contribution in [0.4, 0.5) is 0 Å². The maximum absolute atomic E-state index is 5.38. The number of rotatable bonds is 1. The minimum Gasteiger partial charge on any atom is -0.155 e. The quantitative estimate of drug-likeness (QED) is 0.361. The molecule has 0 N–H and O–H groups in total. The lowest BCUT2D eigenvalue weighted by Gasteiger charge is -1.68. The summed E-state index contributed by atoms with van der Waals surface area (Å²) in [6, 6.07) is 0. The van der Waals surface area contributed by atoms with Crippen molar-refractivity contribution in [2.45, 2.75) is 5.25 Å². The molecule has 1 heterocycles. The molecule has 0 bridgehead atoms. The summed E-state index contributed by atoms with van der Waals surface area (Å²) in [7, 11) is 0. The number of alkyl halides is 1. The van der Waals surface area contributed by atoms with Crippen molar-refractivity contribution in [3.63, 3.8) is 0 Å². The second-order valence-corrected chi connectivity index (χ2v) is 2.75. The normalized spacial score (nSPS) is 34.2. The predicted molar refractivity (Wildman–Crippen MR) is 27.0 cm³/mol. The first-order valence-electron chi connectivity index (χ1n) is 1.61. The second-order valence-electron chi connectivity index (χ2n) is 1.11. The van der Waals surface area contributed by atoms with Gasteiger partial charge in [0.2, 0.25) is 0 Å². The van der Waals surface area contributed by atoms with Crippen molar-refractivity contribution >= 4 is 23.4 Å². The minimum atomic E-state index is 0.816. The number of hydrogen-bond donors (Lipinski definition) is 0. The van der Waals surface area contributed by atoms with Gasteiger partial charge >= 0.3 is 0 Å². The van der Waals surface area contributed by atoms with Gasteiger partial charge in [0.1, 0.15) is 0 Å². The molecule has 0 nitrogen and oxygen atoms in total. The van der Waals surface area contributed by atoms with E-state index in [1.54, 1.807) is 0 Å². The van der Waals surface area contributed by atoms with Crippen molar-refractivity contribution in [3.05, 3.63) is 0 Å². The zero-order valence-corrected chi connectivity index (χ0v) is 4.35. The number of halogens is 1. The van der Waals surface area contributed by atoms with Gasteiger partial charge in [-0.3, -0.25) is 0 Å². The standard InChI is InChI=1S/C3H5ClS/c4-1-3-2-5-3/h3H,1-2H2/t3-/m0/s1. The largest absolute Gasteiger partial charge is 0.155 e. The van der Waals surface area contributed by atoms with Gasteiger partial charge in [-0.2, -0.15) is 11.8 Å². The molecule has 2 heteroatoms. The van der Waals surface area contributed by atoms with E-state index in [-0.39, 0.29) is 0 Å². The van der Waals surface area contributed by atoms with Gasteiger partial charge in [0, 0.05) is 16.9 Å². The predicted octanol–water partition coefficient (Wildman–Crippen LogP) is 1.34. The highest BCUT2D eigenvalue weighted by Gasteiger charge is 2.19. The first-order chi connectivity index (χ1) is 2.43. The van der Waals surface area contributed by atoms with E-state index in [1.807, 2.05) is 11.8 Å². The summed E-state index contributed by atoms with van der Waals surface area (Å²) < 4.78 is 0. The molecule has 0 aliphatic carbocycles. The molecular formula is C3H5ClS. The molecule has 30 valence electrons. The fraction of sp³-hybridized carbons (Fsp3) is 1.00. The van der Waals surface area contributed by atoms with Gasteiger partial charge in [0.15, 0.2) is 0 Å². The van der Waals surface area contributed by atoms with Crippen LogP contribution in [-0.2, 0) is 0 Å². The Bertz CT molecular complexity index is 33.9. The molecule has 0 amide bonds. The third-order valence-corrected chi connectivity index (χ3v) is 2.10. The highest BCUT2D eigenvalue weighted by molar-refractivity contribution is 8.07. The Hall–Kier alpha value is 0.640. The van der Waals surface area contributed by atoms with Crippen molar-refractivity contribution in [2.75, 3.05) is 11.6 Å². The van der Waals surface area contributed by atoms with E-state index in [4.69, 9.17) is 11.6 Å². The van der Waals surface area contributed by atoms with Crippen LogP contribution in [0.25, 0.3) is 0 Å². The SMILES string of the molecule is ClC[C@H]1CS1. The van der Waals surface area contributed by atoms with E-state index in [9.17, 15) is 0 Å². The number of hydrogen-bond acceptors (Lipinski definition) is 1. The Morgan fingerprint density at radius 3 is 2.60 bits per heavy atom. The van der Waals surface area contributed by atoms with E-state index < -0.39 is 0 Å². The summed E-state index contributed by atoms with van der Waals surface area (Å²) in [6.07, 6.45) is 0. The minimum absolute atomic E-state index is 0.816. The van der Waals surface area contributed by atoms with E-state index in [0.717, 1.165) is 11.1 Å². The zero-order valence-electron chi connectivity index (χ0n) is 2.78. The van der Waals surface area contributed by atoms with Gasteiger partial charge in [-0.05, 0) is 0 Å². The summed E-state index contributed by atoms with van der Waals surface area (Å²) in [5.74, 6) is 2.15. The molecule has 1 saturated heterocycles. The summed E-state index contributed by atoms with van der Waals surface area (Å²) in [5.41, 5.74) is 0. The molecule has 0 unspecified atom stereocenters. The molecule has 0 aromatic carbocycles. The van der Waals surface area contributed by atoms with Crippen LogP contribution in [0.5, 0.6) is 0 Å². The molecule has 0 spiro atoms. The average Bonchev–Trinajstić information content (AvgIpc) is 2.12. The van der Waals surface area contributed by atoms with Crippen LogP contribution in [0.3, 0.4) is 0 Å². The lowest BCUT2D eigenvalue weighted by atomic mass is 10.6. The van der Waals surface area contributed by atoms with Gasteiger partial charge in [0.05, 0.1) is 0 Å². The summed E-state index contributed by atoms with van der Waals surface area (Å²) in [5, 5.41) is 0.816. The third kappa shape index (κ3) is 1.02. The molecule has 1 aliphatic heterocycles. The fourth-order valence-electron chi connectivity index (χ4n) is 0.157. The maximum atomic E-state index is 5.38. The molecule has 1 fully saturated rings. The van der Waals surface area contributed by atoms with Crippen LogP contribution in [0.2, 0.25) is 0 Å². The van der Waals surface area contributed by atoms with Crippen LogP contribution < -0.4 is 0 Å². The molecule has 0 aromatic heterocycles. The second kappa shape index (κ2) is 1.39. The van der Waals surface area contributed by atoms with Gasteiger partial charge in [0.25, 0.3) is 0 Å². The number of thioether (sulfide) groups is 1. The first kappa shape index (κ1) is 3.82. The van der Waals surface area contributed by atoms with Crippen LogP contribution in [0.1, 0.15) is 0 Å². The highest BCUT2D eigenvalue weighted by Crippen LogP contribution is 2.30. The van der Waals surface area contributed by atoms with Gasteiger partial charge in [-0.15, -0.1) is 11.6 Å². The van der Waals surface area contributed by atoms with E-state index >= 15 is 0 Å². The molecule has 0 aromatic rings. The smallest absolute Gasteiger partial charge is 0.0350 e. The van der Waals surface area contributed by atoms with Gasteiger partial charge in [-0.1, -0.05) is 0 Å². The topological polar surface area (TPSA) is 0 Å². The van der Waals surface area contributed by atoms with Crippen LogP contribution in [0, 0.1) is 0 Å². The van der Waals surface area contributed by atoms with Crippen molar-refractivity contribution in [3.8, 4) is 0 Å². The van der Waals surface area contributed by atoms with Crippen LogP contribution >= 0.6 is 23.4 Å². The van der Waals surface area contributed by atoms with Gasteiger partial charge in [-0.25, -0.2) is 0 Å². The zero-order chi connectivity index (χ0) is 3.70. The lowest BCUT2D eigenvalue weighted by molar-refractivity contribution is 1.26. The Kier molecular flexibility index (Phi) is 1.06. The lowest BCUT2D eigenvalue weighted by Crippen LogP contribution is -1.77. The van der Waals surface area contributed by atoms with E-state index in [1.165, 1.54) is 5.75 Å². The molecule has 1 rings (SSSR count). The average molecular weight is 109 g/mol. The van der Waals surface area contributed by atoms with E-state index in [0.29, 0.717) is 0 Å². The van der Waals surface area contributed by atoms with E-state index in [2.05, 4.69) is 0 Å². The van der Waals surface area contributed by atoms with Gasteiger partial charge < -0.3 is 0 Å². The summed E-state index contributed by atoms with van der Waals surface area (Å²) in [6.45, 7) is 0. The highest BCUT2D eigenvalue weighted by atomic mass is 35.5. The molecule has 1 aliphatic rings.